The van der Waals surface area contributed by atoms with E-state index in [-0.39, 0.29) is 17.6 Å². The van der Waals surface area contributed by atoms with E-state index in [0.29, 0.717) is 45.1 Å². The van der Waals surface area contributed by atoms with Crippen molar-refractivity contribution >= 4 is 15.9 Å². The zero-order chi connectivity index (χ0) is 18.0. The van der Waals surface area contributed by atoms with E-state index < -0.39 is 10.0 Å². The molecule has 0 aromatic carbocycles. The first-order valence-corrected chi connectivity index (χ1v) is 10.6. The first-order chi connectivity index (χ1) is 11.1. The van der Waals surface area contributed by atoms with E-state index in [9.17, 15) is 13.2 Å². The Bertz CT molecular complexity index is 542. The van der Waals surface area contributed by atoms with Crippen molar-refractivity contribution in [3.05, 3.63) is 0 Å². The minimum Gasteiger partial charge on any atom is -0.375 e. The second-order valence-corrected chi connectivity index (χ2v) is 9.28. The quantitative estimate of drug-likeness (QED) is 0.768. The lowest BCUT2D eigenvalue weighted by atomic mass is 9.82. The number of sulfonamides is 1. The molecule has 2 aliphatic rings. The molecule has 1 unspecified atom stereocenters. The number of amides is 1. The highest BCUT2D eigenvalue weighted by Gasteiger charge is 2.41. The van der Waals surface area contributed by atoms with E-state index in [1.54, 1.807) is 0 Å². The smallest absolute Gasteiger partial charge is 0.236 e. The summed E-state index contributed by atoms with van der Waals surface area (Å²) in [6, 6.07) is 0.276. The maximum Gasteiger partial charge on any atom is 0.236 e. The second kappa shape index (κ2) is 7.68. The molecule has 1 N–H and O–H groups in total. The third-order valence-electron chi connectivity index (χ3n) is 5.17. The largest absolute Gasteiger partial charge is 0.375 e. The molecule has 2 aliphatic heterocycles. The number of carbonyl (C=O) groups excluding carboxylic acids is 1. The summed E-state index contributed by atoms with van der Waals surface area (Å²) in [6.45, 7) is 6.50. The van der Waals surface area contributed by atoms with Gasteiger partial charge in [-0.2, -0.15) is 0 Å². The van der Waals surface area contributed by atoms with Crippen molar-refractivity contribution in [2.75, 3.05) is 39.5 Å². The Kier molecular flexibility index (Phi) is 6.28. The van der Waals surface area contributed by atoms with Crippen LogP contribution in [0, 0.1) is 0 Å². The molecule has 24 heavy (non-hydrogen) atoms. The topological polar surface area (TPSA) is 79.0 Å². The van der Waals surface area contributed by atoms with Crippen LogP contribution in [-0.2, 0) is 19.6 Å². The monoisotopic (exact) mass is 361 g/mol. The molecule has 2 fully saturated rings. The predicted octanol–water partition coefficient (Wildman–Crippen LogP) is 0.416. The number of piperidine rings is 1. The number of likely N-dealkylation sites (tertiary alicyclic amines) is 1. The number of nitrogens with one attached hydrogen (secondary N) is 1. The van der Waals surface area contributed by atoms with Gasteiger partial charge in [-0.15, -0.1) is 0 Å². The number of hydrogen-bond acceptors (Lipinski definition) is 5. The van der Waals surface area contributed by atoms with Gasteiger partial charge in [-0.05, 0) is 46.6 Å². The van der Waals surface area contributed by atoms with Crippen LogP contribution < -0.4 is 4.72 Å². The average Bonchev–Trinajstić information content (AvgIpc) is 2.46. The summed E-state index contributed by atoms with van der Waals surface area (Å²) in [6.07, 6.45) is 4.13. The Labute approximate surface area is 145 Å². The van der Waals surface area contributed by atoms with Crippen LogP contribution in [0.3, 0.4) is 0 Å². The summed E-state index contributed by atoms with van der Waals surface area (Å²) in [5, 5.41) is 0. The van der Waals surface area contributed by atoms with Gasteiger partial charge in [-0.3, -0.25) is 9.69 Å². The third-order valence-corrected chi connectivity index (χ3v) is 5.93. The van der Waals surface area contributed by atoms with E-state index >= 15 is 0 Å². The SMILES string of the molecule is CC(C)N(C)CC(=O)N1CCC2(CC1)CC(NS(C)(=O)=O)CCO2. The fraction of sp³-hybridized carbons (Fsp3) is 0.938. The lowest BCUT2D eigenvalue weighted by Gasteiger charge is -2.46. The van der Waals surface area contributed by atoms with Crippen molar-refractivity contribution in [3.63, 3.8) is 0 Å². The molecule has 0 saturated carbocycles. The minimum absolute atomic E-state index is 0.0666. The molecule has 8 heteroatoms. The van der Waals surface area contributed by atoms with E-state index in [1.807, 2.05) is 16.8 Å². The second-order valence-electron chi connectivity index (χ2n) is 7.50. The molecule has 1 spiro atoms. The normalized spacial score (nSPS) is 24.8. The Morgan fingerprint density at radius 1 is 1.38 bits per heavy atom. The number of rotatable bonds is 5. The number of nitrogens with zero attached hydrogens (tertiary/aromatic N) is 2. The van der Waals surface area contributed by atoms with Crippen LogP contribution in [0.1, 0.15) is 39.5 Å². The zero-order valence-corrected chi connectivity index (χ0v) is 16.1. The van der Waals surface area contributed by atoms with Crippen molar-refractivity contribution in [2.45, 2.75) is 57.2 Å². The summed E-state index contributed by atoms with van der Waals surface area (Å²) < 4.78 is 31.6. The predicted molar refractivity (Wildman–Crippen MR) is 93.3 cm³/mol. The minimum atomic E-state index is -3.20. The van der Waals surface area contributed by atoms with Gasteiger partial charge in [0.1, 0.15) is 0 Å². The van der Waals surface area contributed by atoms with Gasteiger partial charge in [0.25, 0.3) is 0 Å². The van der Waals surface area contributed by atoms with Crippen LogP contribution in [0.25, 0.3) is 0 Å². The Morgan fingerprint density at radius 2 is 2.00 bits per heavy atom. The molecule has 0 aromatic heterocycles. The average molecular weight is 362 g/mol. The van der Waals surface area contributed by atoms with Gasteiger partial charge in [0.2, 0.25) is 15.9 Å². The van der Waals surface area contributed by atoms with Gasteiger partial charge in [0.15, 0.2) is 0 Å². The molecule has 7 nitrogen and oxygen atoms in total. The maximum atomic E-state index is 12.4. The molecule has 1 atom stereocenters. The summed E-state index contributed by atoms with van der Waals surface area (Å²) in [5.74, 6) is 0.155. The van der Waals surface area contributed by atoms with Gasteiger partial charge in [0.05, 0.1) is 18.4 Å². The van der Waals surface area contributed by atoms with Gasteiger partial charge in [0, 0.05) is 31.8 Å². The molecule has 0 radical (unpaired) electrons. The molecule has 2 saturated heterocycles. The zero-order valence-electron chi connectivity index (χ0n) is 15.2. The number of hydrogen-bond donors (Lipinski definition) is 1. The summed E-state index contributed by atoms with van der Waals surface area (Å²) in [5.41, 5.74) is -0.290. The highest BCUT2D eigenvalue weighted by Crippen LogP contribution is 2.35. The fourth-order valence-electron chi connectivity index (χ4n) is 3.44. The Morgan fingerprint density at radius 3 is 2.54 bits per heavy atom. The fourth-order valence-corrected chi connectivity index (χ4v) is 4.25. The maximum absolute atomic E-state index is 12.4. The summed E-state index contributed by atoms with van der Waals surface area (Å²) >= 11 is 0. The van der Waals surface area contributed by atoms with Gasteiger partial charge in [-0.1, -0.05) is 0 Å². The standard InChI is InChI=1S/C16H31N3O4S/c1-13(2)18(3)12-15(20)19-8-6-16(7-9-19)11-14(5-10-23-16)17-24(4,21)22/h13-14,17H,5-12H2,1-4H3. The van der Waals surface area contributed by atoms with Crippen LogP contribution in [-0.4, -0.2) is 81.4 Å². The van der Waals surface area contributed by atoms with Crippen molar-refractivity contribution in [3.8, 4) is 0 Å². The molecular weight excluding hydrogens is 330 g/mol. The molecule has 1 amide bonds. The molecule has 0 bridgehead atoms. The molecule has 140 valence electrons. The highest BCUT2D eigenvalue weighted by atomic mass is 32.2. The van der Waals surface area contributed by atoms with E-state index in [1.165, 1.54) is 6.26 Å². The van der Waals surface area contributed by atoms with Crippen molar-refractivity contribution in [1.82, 2.24) is 14.5 Å². The molecule has 0 aromatic rings. The van der Waals surface area contributed by atoms with E-state index in [0.717, 1.165) is 12.8 Å². The highest BCUT2D eigenvalue weighted by molar-refractivity contribution is 7.88. The lowest BCUT2D eigenvalue weighted by Crippen LogP contribution is -2.55. The number of likely N-dealkylation sites (N-methyl/N-ethyl adjacent to an activating group) is 1. The van der Waals surface area contributed by atoms with E-state index in [4.69, 9.17) is 4.74 Å². The summed E-state index contributed by atoms with van der Waals surface area (Å²) in [4.78, 5) is 16.3. The van der Waals surface area contributed by atoms with Crippen molar-refractivity contribution in [2.24, 2.45) is 0 Å². The van der Waals surface area contributed by atoms with Gasteiger partial charge >= 0.3 is 0 Å². The molecule has 0 aliphatic carbocycles. The summed E-state index contributed by atoms with van der Waals surface area (Å²) in [7, 11) is -1.24. The third kappa shape index (κ3) is 5.40. The van der Waals surface area contributed by atoms with Crippen LogP contribution in [0.15, 0.2) is 0 Å². The van der Waals surface area contributed by atoms with Crippen LogP contribution in [0.5, 0.6) is 0 Å². The Hall–Kier alpha value is -0.700. The van der Waals surface area contributed by atoms with Crippen LogP contribution in [0.4, 0.5) is 0 Å². The molecular formula is C16H31N3O4S. The van der Waals surface area contributed by atoms with Crippen molar-refractivity contribution < 1.29 is 17.9 Å². The van der Waals surface area contributed by atoms with Crippen LogP contribution in [0.2, 0.25) is 0 Å². The van der Waals surface area contributed by atoms with Crippen LogP contribution >= 0.6 is 0 Å². The molecule has 2 rings (SSSR count). The number of ether oxygens (including phenoxy) is 1. The first-order valence-electron chi connectivity index (χ1n) is 8.69. The first kappa shape index (κ1) is 19.6. The lowest BCUT2D eigenvalue weighted by molar-refractivity contribution is -0.145. The molecule has 2 heterocycles. The van der Waals surface area contributed by atoms with Gasteiger partial charge in [-0.25, -0.2) is 13.1 Å². The Balaban J connectivity index is 1.88. The van der Waals surface area contributed by atoms with Crippen molar-refractivity contribution in [1.29, 1.82) is 0 Å². The van der Waals surface area contributed by atoms with Gasteiger partial charge < -0.3 is 9.64 Å². The number of carbonyl (C=O) groups is 1. The van der Waals surface area contributed by atoms with E-state index in [2.05, 4.69) is 18.6 Å².